The number of hydrogen-bond donors (Lipinski definition) is 1. The van der Waals surface area contributed by atoms with Crippen LogP contribution in [0.2, 0.25) is 0 Å². The summed E-state index contributed by atoms with van der Waals surface area (Å²) in [7, 11) is 0. The minimum atomic E-state index is -0.559. The molecule has 1 atom stereocenters. The van der Waals surface area contributed by atoms with Crippen LogP contribution in [0.15, 0.2) is 122 Å². The average Bonchev–Trinajstić information content (AvgIpc) is 3.22. The molecular formula is C53H86O4. The fourth-order valence-corrected chi connectivity index (χ4v) is 5.91. The monoisotopic (exact) mass is 787 g/mol. The average molecular weight is 787 g/mol. The van der Waals surface area contributed by atoms with Crippen molar-refractivity contribution in [2.45, 2.75) is 187 Å². The molecule has 0 aliphatic heterocycles. The molecular weight excluding hydrogens is 701 g/mol. The van der Waals surface area contributed by atoms with Gasteiger partial charge >= 0.3 is 5.97 Å². The van der Waals surface area contributed by atoms with Gasteiger partial charge in [0.05, 0.1) is 13.2 Å². The zero-order valence-corrected chi connectivity index (χ0v) is 36.8. The molecule has 322 valence electrons. The summed E-state index contributed by atoms with van der Waals surface area (Å²) in [5, 5.41) is 9.63. The van der Waals surface area contributed by atoms with Crippen LogP contribution < -0.4 is 0 Å². The molecule has 0 rings (SSSR count). The topological polar surface area (TPSA) is 55.8 Å². The smallest absolute Gasteiger partial charge is 0.306 e. The predicted molar refractivity (Wildman–Crippen MR) is 251 cm³/mol. The molecule has 0 radical (unpaired) electrons. The summed E-state index contributed by atoms with van der Waals surface area (Å²) in [4.78, 5) is 12.2. The van der Waals surface area contributed by atoms with Crippen molar-refractivity contribution in [3.8, 4) is 0 Å². The number of aliphatic hydroxyl groups excluding tert-OH is 1. The van der Waals surface area contributed by atoms with Crippen molar-refractivity contribution in [3.05, 3.63) is 122 Å². The largest absolute Gasteiger partial charge is 0.457 e. The molecule has 0 aliphatic rings. The lowest BCUT2D eigenvalue weighted by Gasteiger charge is -2.15. The summed E-state index contributed by atoms with van der Waals surface area (Å²) in [6, 6.07) is 0. The van der Waals surface area contributed by atoms with Crippen molar-refractivity contribution in [2.24, 2.45) is 0 Å². The SMILES string of the molecule is CC/C=C\C/C=C\C/C=C\C/C=C\C/C=C\CCCCCCCCCC(=O)OC(CO)COCCCCCCCC/C=C\C/C=C\C/C=C\C/C=C\C/C=C\CC. The quantitative estimate of drug-likeness (QED) is 0.0381. The van der Waals surface area contributed by atoms with Crippen LogP contribution in [0.3, 0.4) is 0 Å². The third kappa shape index (κ3) is 47.1. The number of allylic oxidation sites excluding steroid dienone is 20. The molecule has 0 aromatic heterocycles. The minimum Gasteiger partial charge on any atom is -0.457 e. The Morgan fingerprint density at radius 3 is 1.11 bits per heavy atom. The van der Waals surface area contributed by atoms with Crippen LogP contribution in [0.1, 0.15) is 181 Å². The number of carbonyl (C=O) groups excluding carboxylic acids is 1. The van der Waals surface area contributed by atoms with Gasteiger partial charge in [-0.25, -0.2) is 0 Å². The highest BCUT2D eigenvalue weighted by atomic mass is 16.6. The standard InChI is InChI=1S/C53H86O4/c1-3-5-7-9-11-13-15-17-19-21-23-25-27-28-30-32-34-36-38-40-42-44-46-48-53(55)57-52(50-54)51-56-49-47-45-43-41-39-37-35-33-31-29-26-24-22-20-18-16-14-12-10-8-6-4-2/h5-8,11-14,17-20,23-26,28,30-31,33,52,54H,3-4,9-10,15-16,21-22,27,29,32,34-51H2,1-2H3/b7-5-,8-6-,13-11-,14-12-,19-17-,20-18-,25-23-,26-24-,30-28-,33-31-. The second-order valence-corrected chi connectivity index (χ2v) is 14.7. The molecule has 0 bridgehead atoms. The molecule has 4 heteroatoms. The van der Waals surface area contributed by atoms with Gasteiger partial charge < -0.3 is 14.6 Å². The molecule has 1 unspecified atom stereocenters. The van der Waals surface area contributed by atoms with E-state index in [0.717, 1.165) is 109 Å². The Bertz CT molecular complexity index is 1150. The minimum absolute atomic E-state index is 0.191. The van der Waals surface area contributed by atoms with Gasteiger partial charge in [-0.05, 0) is 103 Å². The summed E-state index contributed by atoms with van der Waals surface area (Å²) in [5.41, 5.74) is 0. The van der Waals surface area contributed by atoms with Crippen LogP contribution in [-0.2, 0) is 14.3 Å². The zero-order chi connectivity index (χ0) is 41.2. The maximum absolute atomic E-state index is 12.2. The molecule has 0 saturated carbocycles. The highest BCUT2D eigenvalue weighted by Crippen LogP contribution is 2.12. The summed E-state index contributed by atoms with van der Waals surface area (Å²) >= 11 is 0. The van der Waals surface area contributed by atoms with Crippen LogP contribution in [0.25, 0.3) is 0 Å². The molecule has 57 heavy (non-hydrogen) atoms. The Morgan fingerprint density at radius 2 is 0.737 bits per heavy atom. The lowest BCUT2D eigenvalue weighted by molar-refractivity contribution is -0.154. The second-order valence-electron chi connectivity index (χ2n) is 14.7. The third-order valence-corrected chi connectivity index (χ3v) is 9.28. The fraction of sp³-hybridized carbons (Fsp3) is 0.604. The Labute approximate surface area is 352 Å². The maximum Gasteiger partial charge on any atom is 0.306 e. The third-order valence-electron chi connectivity index (χ3n) is 9.28. The number of carbonyl (C=O) groups is 1. The Morgan fingerprint density at radius 1 is 0.421 bits per heavy atom. The molecule has 1 N–H and O–H groups in total. The molecule has 0 aromatic rings. The molecule has 4 nitrogen and oxygen atoms in total. The lowest BCUT2D eigenvalue weighted by atomic mass is 10.1. The predicted octanol–water partition coefficient (Wildman–Crippen LogP) is 15.7. The maximum atomic E-state index is 12.2. The van der Waals surface area contributed by atoms with Crippen LogP contribution in [0.4, 0.5) is 0 Å². The van der Waals surface area contributed by atoms with Crippen molar-refractivity contribution in [1.29, 1.82) is 0 Å². The first kappa shape index (κ1) is 53.8. The highest BCUT2D eigenvalue weighted by Gasteiger charge is 2.13. The molecule has 0 aliphatic carbocycles. The van der Waals surface area contributed by atoms with E-state index in [1.807, 2.05) is 0 Å². The van der Waals surface area contributed by atoms with E-state index in [0.29, 0.717) is 13.0 Å². The van der Waals surface area contributed by atoms with Gasteiger partial charge in [-0.3, -0.25) is 4.79 Å². The Kier molecular flexibility index (Phi) is 46.2. The van der Waals surface area contributed by atoms with Crippen molar-refractivity contribution >= 4 is 5.97 Å². The summed E-state index contributed by atoms with van der Waals surface area (Å²) < 4.78 is 11.2. The van der Waals surface area contributed by atoms with E-state index in [1.54, 1.807) is 0 Å². The van der Waals surface area contributed by atoms with Crippen LogP contribution >= 0.6 is 0 Å². The van der Waals surface area contributed by atoms with E-state index in [-0.39, 0.29) is 19.2 Å². The Hall–Kier alpha value is -3.21. The van der Waals surface area contributed by atoms with Gasteiger partial charge in [0.1, 0.15) is 6.10 Å². The first-order chi connectivity index (χ1) is 28.2. The van der Waals surface area contributed by atoms with E-state index < -0.39 is 6.10 Å². The molecule has 0 heterocycles. The fourth-order valence-electron chi connectivity index (χ4n) is 5.91. The van der Waals surface area contributed by atoms with Crippen LogP contribution in [-0.4, -0.2) is 37.0 Å². The van der Waals surface area contributed by atoms with E-state index in [1.165, 1.54) is 51.4 Å². The highest BCUT2D eigenvalue weighted by molar-refractivity contribution is 5.69. The van der Waals surface area contributed by atoms with E-state index in [9.17, 15) is 9.90 Å². The van der Waals surface area contributed by atoms with Crippen molar-refractivity contribution in [2.75, 3.05) is 19.8 Å². The van der Waals surface area contributed by atoms with Crippen molar-refractivity contribution < 1.29 is 19.4 Å². The van der Waals surface area contributed by atoms with Gasteiger partial charge in [0, 0.05) is 13.0 Å². The number of hydrogen-bond acceptors (Lipinski definition) is 4. The van der Waals surface area contributed by atoms with Gasteiger partial charge in [0.15, 0.2) is 0 Å². The molecule has 0 amide bonds. The zero-order valence-electron chi connectivity index (χ0n) is 36.8. The summed E-state index contributed by atoms with van der Waals surface area (Å²) in [6.07, 6.45) is 72.6. The van der Waals surface area contributed by atoms with Gasteiger partial charge in [-0.15, -0.1) is 0 Å². The van der Waals surface area contributed by atoms with Gasteiger partial charge in [0.25, 0.3) is 0 Å². The lowest BCUT2D eigenvalue weighted by Crippen LogP contribution is -2.27. The van der Waals surface area contributed by atoms with Gasteiger partial charge in [-0.2, -0.15) is 0 Å². The number of esters is 1. The Balaban J connectivity index is 3.55. The van der Waals surface area contributed by atoms with Crippen LogP contribution in [0, 0.1) is 0 Å². The van der Waals surface area contributed by atoms with Gasteiger partial charge in [-0.1, -0.05) is 193 Å². The first-order valence-electron chi connectivity index (χ1n) is 23.1. The number of ether oxygens (including phenoxy) is 2. The summed E-state index contributed by atoms with van der Waals surface area (Å²) in [5.74, 6) is -0.223. The van der Waals surface area contributed by atoms with E-state index >= 15 is 0 Å². The van der Waals surface area contributed by atoms with E-state index in [2.05, 4.69) is 135 Å². The normalized spacial score (nSPS) is 13.5. The number of rotatable bonds is 41. The second kappa shape index (κ2) is 48.9. The molecule has 0 aromatic carbocycles. The van der Waals surface area contributed by atoms with E-state index in [4.69, 9.17) is 9.47 Å². The van der Waals surface area contributed by atoms with Crippen LogP contribution in [0.5, 0.6) is 0 Å². The van der Waals surface area contributed by atoms with Crippen molar-refractivity contribution in [3.63, 3.8) is 0 Å². The molecule has 0 spiro atoms. The number of unbranched alkanes of at least 4 members (excludes halogenated alkanes) is 13. The molecule has 0 saturated heterocycles. The van der Waals surface area contributed by atoms with Gasteiger partial charge in [0.2, 0.25) is 0 Å². The summed E-state index contributed by atoms with van der Waals surface area (Å²) in [6.45, 7) is 5.06. The molecule has 0 fully saturated rings. The van der Waals surface area contributed by atoms with Crippen molar-refractivity contribution in [1.82, 2.24) is 0 Å². The first-order valence-corrected chi connectivity index (χ1v) is 23.1. The number of aliphatic hydroxyl groups is 1.